The van der Waals surface area contributed by atoms with E-state index in [-0.39, 0.29) is 17.5 Å². The largest absolute Gasteiger partial charge is 0.497 e. The van der Waals surface area contributed by atoms with E-state index in [4.69, 9.17) is 4.74 Å². The summed E-state index contributed by atoms with van der Waals surface area (Å²) < 4.78 is 31.6. The first-order valence-corrected chi connectivity index (χ1v) is 7.31. The van der Waals surface area contributed by atoms with Gasteiger partial charge in [-0.05, 0) is 35.7 Å². The van der Waals surface area contributed by atoms with Crippen LogP contribution in [0.25, 0.3) is 0 Å². The lowest BCUT2D eigenvalue weighted by Crippen LogP contribution is -2.31. The number of benzene rings is 2. The molecule has 2 aromatic carbocycles. The minimum Gasteiger partial charge on any atom is -0.497 e. The molecule has 23 heavy (non-hydrogen) atoms. The molecule has 1 unspecified atom stereocenters. The maximum absolute atomic E-state index is 13.3. The van der Waals surface area contributed by atoms with Crippen LogP contribution >= 0.6 is 0 Å². The fourth-order valence-electron chi connectivity index (χ4n) is 2.36. The molecule has 2 rings (SSSR count). The van der Waals surface area contributed by atoms with E-state index in [2.05, 4.69) is 5.32 Å². The predicted octanol–water partition coefficient (Wildman–Crippen LogP) is 4.10. The van der Waals surface area contributed by atoms with Crippen LogP contribution < -0.4 is 10.1 Å². The highest BCUT2D eigenvalue weighted by molar-refractivity contribution is 5.94. The molecule has 1 N–H and O–H groups in total. The van der Waals surface area contributed by atoms with Crippen molar-refractivity contribution in [1.29, 1.82) is 0 Å². The predicted molar refractivity (Wildman–Crippen MR) is 84.4 cm³/mol. The van der Waals surface area contributed by atoms with Crippen LogP contribution in [0.5, 0.6) is 5.75 Å². The molecule has 0 saturated carbocycles. The zero-order chi connectivity index (χ0) is 17.0. The summed E-state index contributed by atoms with van der Waals surface area (Å²) in [5.74, 6) is -1.25. The van der Waals surface area contributed by atoms with Crippen molar-refractivity contribution in [2.45, 2.75) is 19.9 Å². The molecule has 0 aromatic heterocycles. The Hall–Kier alpha value is -2.43. The van der Waals surface area contributed by atoms with Gasteiger partial charge in [-0.3, -0.25) is 4.79 Å². The zero-order valence-corrected chi connectivity index (χ0v) is 13.3. The van der Waals surface area contributed by atoms with Crippen LogP contribution in [-0.2, 0) is 0 Å². The Balaban J connectivity index is 2.22. The maximum Gasteiger partial charge on any atom is 0.251 e. The van der Waals surface area contributed by atoms with E-state index in [1.54, 1.807) is 19.2 Å². The normalized spacial score (nSPS) is 12.1. The van der Waals surface area contributed by atoms with Crippen molar-refractivity contribution in [1.82, 2.24) is 5.32 Å². The second kappa shape index (κ2) is 7.22. The van der Waals surface area contributed by atoms with Crippen molar-refractivity contribution in [2.24, 2.45) is 5.92 Å². The Morgan fingerprint density at radius 2 is 1.61 bits per heavy atom. The Kier molecular flexibility index (Phi) is 5.32. The molecule has 0 spiro atoms. The minimum absolute atomic E-state index is 0.0401. The number of methoxy groups -OCH3 is 1. The van der Waals surface area contributed by atoms with Gasteiger partial charge in [-0.1, -0.05) is 26.0 Å². The molecule has 5 heteroatoms. The van der Waals surface area contributed by atoms with Crippen LogP contribution in [0, 0.1) is 17.6 Å². The highest BCUT2D eigenvalue weighted by Crippen LogP contribution is 2.24. The molecule has 3 nitrogen and oxygen atoms in total. The monoisotopic (exact) mass is 319 g/mol. The average molecular weight is 319 g/mol. The van der Waals surface area contributed by atoms with Crippen LogP contribution in [0.15, 0.2) is 42.5 Å². The first-order chi connectivity index (χ1) is 10.9. The Morgan fingerprint density at radius 1 is 1.04 bits per heavy atom. The van der Waals surface area contributed by atoms with Crippen molar-refractivity contribution in [2.75, 3.05) is 7.11 Å². The Morgan fingerprint density at radius 3 is 2.09 bits per heavy atom. The highest BCUT2D eigenvalue weighted by atomic mass is 19.1. The first-order valence-electron chi connectivity index (χ1n) is 7.31. The number of hydrogen-bond donors (Lipinski definition) is 1. The lowest BCUT2D eigenvalue weighted by Gasteiger charge is -2.23. The quantitative estimate of drug-likeness (QED) is 0.901. The van der Waals surface area contributed by atoms with Crippen LogP contribution in [0.2, 0.25) is 0 Å². The summed E-state index contributed by atoms with van der Waals surface area (Å²) in [5.41, 5.74) is 0.854. The van der Waals surface area contributed by atoms with E-state index >= 15 is 0 Å². The van der Waals surface area contributed by atoms with Gasteiger partial charge in [0.15, 0.2) is 0 Å². The number of nitrogens with one attached hydrogen (secondary N) is 1. The molecule has 0 heterocycles. The molecule has 0 bridgehead atoms. The summed E-state index contributed by atoms with van der Waals surface area (Å²) in [6.45, 7) is 3.92. The SMILES string of the molecule is COc1ccc(C(NC(=O)c2cc(F)cc(F)c2)C(C)C)cc1. The van der Waals surface area contributed by atoms with Gasteiger partial charge < -0.3 is 10.1 Å². The fraction of sp³-hybridized carbons (Fsp3) is 0.278. The summed E-state index contributed by atoms with van der Waals surface area (Å²) >= 11 is 0. The van der Waals surface area contributed by atoms with Gasteiger partial charge in [-0.25, -0.2) is 8.78 Å². The number of ether oxygens (including phenoxy) is 1. The molecule has 1 amide bonds. The molecule has 0 aliphatic heterocycles. The van der Waals surface area contributed by atoms with Gasteiger partial charge in [0.1, 0.15) is 17.4 Å². The van der Waals surface area contributed by atoms with Crippen LogP contribution in [0.1, 0.15) is 35.8 Å². The van der Waals surface area contributed by atoms with Gasteiger partial charge in [0.2, 0.25) is 0 Å². The Labute approximate surface area is 134 Å². The molecule has 0 saturated heterocycles. The van der Waals surface area contributed by atoms with Crippen molar-refractivity contribution in [3.63, 3.8) is 0 Å². The summed E-state index contributed by atoms with van der Waals surface area (Å²) in [5, 5.41) is 2.83. The number of carbonyl (C=O) groups excluding carboxylic acids is 1. The molecule has 122 valence electrons. The number of halogens is 2. The van der Waals surface area contributed by atoms with Gasteiger partial charge in [0.25, 0.3) is 5.91 Å². The standard InChI is InChI=1S/C18H19F2NO2/c1-11(2)17(12-4-6-16(23-3)7-5-12)21-18(22)13-8-14(19)10-15(20)9-13/h4-11,17H,1-3H3,(H,21,22). The zero-order valence-electron chi connectivity index (χ0n) is 13.3. The van der Waals surface area contributed by atoms with E-state index < -0.39 is 17.5 Å². The topological polar surface area (TPSA) is 38.3 Å². The first kappa shape index (κ1) is 16.9. The lowest BCUT2D eigenvalue weighted by atomic mass is 9.95. The van der Waals surface area contributed by atoms with E-state index in [9.17, 15) is 13.6 Å². The molecule has 0 aliphatic carbocycles. The van der Waals surface area contributed by atoms with E-state index in [0.29, 0.717) is 0 Å². The summed E-state index contributed by atoms with van der Waals surface area (Å²) in [7, 11) is 1.58. The van der Waals surface area contributed by atoms with Crippen molar-refractivity contribution in [3.05, 3.63) is 65.2 Å². The average Bonchev–Trinajstić information content (AvgIpc) is 2.51. The van der Waals surface area contributed by atoms with Crippen molar-refractivity contribution < 1.29 is 18.3 Å². The maximum atomic E-state index is 13.3. The third kappa shape index (κ3) is 4.28. The molecule has 1 atom stereocenters. The second-order valence-electron chi connectivity index (χ2n) is 5.63. The molecule has 2 aromatic rings. The minimum atomic E-state index is -0.777. The van der Waals surface area contributed by atoms with E-state index in [1.165, 1.54) is 0 Å². The molecule has 0 fully saturated rings. The number of hydrogen-bond acceptors (Lipinski definition) is 2. The lowest BCUT2D eigenvalue weighted by molar-refractivity contribution is 0.0924. The van der Waals surface area contributed by atoms with Crippen molar-refractivity contribution >= 4 is 5.91 Å². The highest BCUT2D eigenvalue weighted by Gasteiger charge is 2.20. The second-order valence-corrected chi connectivity index (χ2v) is 5.63. The van der Waals surface area contributed by atoms with Gasteiger partial charge >= 0.3 is 0 Å². The van der Waals surface area contributed by atoms with Crippen molar-refractivity contribution in [3.8, 4) is 5.75 Å². The molecule has 0 radical (unpaired) electrons. The Bertz CT molecular complexity index is 664. The van der Waals surface area contributed by atoms with Gasteiger partial charge in [0.05, 0.1) is 13.2 Å². The van der Waals surface area contributed by atoms with Crippen LogP contribution in [0.3, 0.4) is 0 Å². The van der Waals surface area contributed by atoms with Crippen LogP contribution in [-0.4, -0.2) is 13.0 Å². The summed E-state index contributed by atoms with van der Waals surface area (Å²) in [4.78, 5) is 12.3. The molecular weight excluding hydrogens is 300 g/mol. The third-order valence-electron chi connectivity index (χ3n) is 3.55. The number of amides is 1. The van der Waals surface area contributed by atoms with E-state index in [0.717, 1.165) is 29.5 Å². The molecular formula is C18H19F2NO2. The fourth-order valence-corrected chi connectivity index (χ4v) is 2.36. The molecule has 0 aliphatic rings. The summed E-state index contributed by atoms with van der Waals surface area (Å²) in [6.07, 6.45) is 0. The number of carbonyl (C=O) groups is 1. The van der Waals surface area contributed by atoms with E-state index in [1.807, 2.05) is 26.0 Å². The van der Waals surface area contributed by atoms with Gasteiger partial charge in [-0.15, -0.1) is 0 Å². The van der Waals surface area contributed by atoms with Crippen LogP contribution in [0.4, 0.5) is 8.78 Å². The smallest absolute Gasteiger partial charge is 0.251 e. The summed E-state index contributed by atoms with van der Waals surface area (Å²) in [6, 6.07) is 9.82. The van der Waals surface area contributed by atoms with Gasteiger partial charge in [0, 0.05) is 11.6 Å². The van der Waals surface area contributed by atoms with Gasteiger partial charge in [-0.2, -0.15) is 0 Å². The number of rotatable bonds is 5. The third-order valence-corrected chi connectivity index (χ3v) is 3.55.